The molecule has 0 heterocycles. The van der Waals surface area contributed by atoms with Crippen LogP contribution < -0.4 is 5.32 Å². The molecule has 0 radical (unpaired) electrons. The molecule has 0 aromatic heterocycles. The average molecular weight is 337 g/mol. The zero-order valence-corrected chi connectivity index (χ0v) is 14.0. The Hall–Kier alpha value is -2.41. The van der Waals surface area contributed by atoms with Gasteiger partial charge in [-0.1, -0.05) is 37.3 Å². The highest BCUT2D eigenvalue weighted by atomic mass is 16.5. The molecule has 132 valence electrons. The summed E-state index contributed by atoms with van der Waals surface area (Å²) in [6, 6.07) is 7.52. The molecule has 0 spiro atoms. The highest BCUT2D eigenvalue weighted by molar-refractivity contribution is 5.87. The number of carbonyl (C=O) groups excluding carboxylic acids is 2. The van der Waals surface area contributed by atoms with Crippen LogP contribution in [0.3, 0.4) is 0 Å². The zero-order chi connectivity index (χ0) is 18.1. The molecule has 7 heteroatoms. The SMILES string of the molecule is CCOC(=O)C[C@H](C)[C@H](NC(=O)[C@H](OC)c1ccccc1)C(=O)O. The maximum absolute atomic E-state index is 12.4. The van der Waals surface area contributed by atoms with E-state index in [1.54, 1.807) is 44.2 Å². The van der Waals surface area contributed by atoms with Crippen LogP contribution in [0, 0.1) is 5.92 Å². The fraction of sp³-hybridized carbons (Fsp3) is 0.471. The third-order valence-corrected chi connectivity index (χ3v) is 3.50. The Balaban J connectivity index is 2.81. The number of amides is 1. The Kier molecular flexibility index (Phi) is 7.91. The lowest BCUT2D eigenvalue weighted by Gasteiger charge is -2.23. The number of nitrogens with one attached hydrogen (secondary N) is 1. The van der Waals surface area contributed by atoms with Gasteiger partial charge >= 0.3 is 11.9 Å². The van der Waals surface area contributed by atoms with Crippen molar-refractivity contribution in [1.29, 1.82) is 0 Å². The van der Waals surface area contributed by atoms with Crippen molar-refractivity contribution in [3.63, 3.8) is 0 Å². The quantitative estimate of drug-likeness (QED) is 0.663. The van der Waals surface area contributed by atoms with Gasteiger partial charge in [0.1, 0.15) is 6.04 Å². The first-order valence-corrected chi connectivity index (χ1v) is 7.67. The Morgan fingerprint density at radius 1 is 1.21 bits per heavy atom. The van der Waals surface area contributed by atoms with E-state index in [4.69, 9.17) is 9.47 Å². The molecule has 1 aromatic rings. The standard InChI is InChI=1S/C17H23NO6/c1-4-24-13(19)10-11(2)14(17(21)22)18-16(20)15(23-3)12-8-6-5-7-9-12/h5-9,11,14-15H,4,10H2,1-3H3,(H,18,20)(H,21,22)/t11-,14-,15+/m0/s1. The van der Waals surface area contributed by atoms with Gasteiger partial charge in [-0.05, 0) is 18.4 Å². The predicted octanol–water partition coefficient (Wildman–Crippen LogP) is 1.53. The Morgan fingerprint density at radius 2 is 1.83 bits per heavy atom. The summed E-state index contributed by atoms with van der Waals surface area (Å²) in [5.74, 6) is -2.93. The van der Waals surface area contributed by atoms with Crippen LogP contribution >= 0.6 is 0 Å². The van der Waals surface area contributed by atoms with Crippen LogP contribution in [0.25, 0.3) is 0 Å². The fourth-order valence-corrected chi connectivity index (χ4v) is 2.30. The van der Waals surface area contributed by atoms with Gasteiger partial charge in [-0.2, -0.15) is 0 Å². The van der Waals surface area contributed by atoms with Gasteiger partial charge in [0.2, 0.25) is 0 Å². The van der Waals surface area contributed by atoms with Gasteiger partial charge in [-0.15, -0.1) is 0 Å². The van der Waals surface area contributed by atoms with Crippen molar-refractivity contribution >= 4 is 17.8 Å². The Bertz CT molecular complexity index is 559. The Labute approximate surface area is 141 Å². The summed E-state index contributed by atoms with van der Waals surface area (Å²) in [7, 11) is 1.37. The van der Waals surface area contributed by atoms with Crippen LogP contribution in [0.2, 0.25) is 0 Å². The summed E-state index contributed by atoms with van der Waals surface area (Å²) in [5.41, 5.74) is 0.611. The molecule has 0 aliphatic heterocycles. The first kappa shape index (κ1) is 19.6. The lowest BCUT2D eigenvalue weighted by atomic mass is 9.97. The van der Waals surface area contributed by atoms with Crippen LogP contribution in [0.15, 0.2) is 30.3 Å². The van der Waals surface area contributed by atoms with Gasteiger partial charge in [-0.25, -0.2) is 4.79 Å². The maximum atomic E-state index is 12.4. The number of methoxy groups -OCH3 is 1. The van der Waals surface area contributed by atoms with Crippen molar-refractivity contribution in [3.8, 4) is 0 Å². The maximum Gasteiger partial charge on any atom is 0.326 e. The largest absolute Gasteiger partial charge is 0.480 e. The number of hydrogen-bond donors (Lipinski definition) is 2. The Morgan fingerprint density at radius 3 is 2.33 bits per heavy atom. The monoisotopic (exact) mass is 337 g/mol. The number of benzene rings is 1. The van der Waals surface area contributed by atoms with E-state index in [9.17, 15) is 19.5 Å². The molecule has 3 atom stereocenters. The second-order valence-electron chi connectivity index (χ2n) is 5.34. The number of carboxylic acids is 1. The summed E-state index contributed by atoms with van der Waals surface area (Å²) in [4.78, 5) is 35.4. The molecule has 7 nitrogen and oxygen atoms in total. The molecule has 2 N–H and O–H groups in total. The molecule has 0 unspecified atom stereocenters. The number of ether oxygens (including phenoxy) is 2. The minimum atomic E-state index is -1.22. The van der Waals surface area contributed by atoms with Crippen LogP contribution in [-0.2, 0) is 23.9 Å². The average Bonchev–Trinajstić information content (AvgIpc) is 2.54. The van der Waals surface area contributed by atoms with E-state index in [-0.39, 0.29) is 13.0 Å². The van der Waals surface area contributed by atoms with E-state index in [0.29, 0.717) is 5.56 Å². The van der Waals surface area contributed by atoms with Crippen molar-refractivity contribution in [1.82, 2.24) is 5.32 Å². The van der Waals surface area contributed by atoms with E-state index in [1.165, 1.54) is 7.11 Å². The normalized spacial score (nSPS) is 14.3. The number of rotatable bonds is 9. The van der Waals surface area contributed by atoms with Crippen molar-refractivity contribution in [3.05, 3.63) is 35.9 Å². The molecule has 24 heavy (non-hydrogen) atoms. The van der Waals surface area contributed by atoms with E-state index in [1.807, 2.05) is 0 Å². The highest BCUT2D eigenvalue weighted by Gasteiger charge is 2.31. The molecule has 0 fully saturated rings. The first-order valence-electron chi connectivity index (χ1n) is 7.67. The van der Waals surface area contributed by atoms with Crippen LogP contribution in [0.5, 0.6) is 0 Å². The summed E-state index contributed by atoms with van der Waals surface area (Å²) < 4.78 is 10.00. The summed E-state index contributed by atoms with van der Waals surface area (Å²) in [6.45, 7) is 3.46. The van der Waals surface area contributed by atoms with E-state index in [2.05, 4.69) is 5.32 Å². The van der Waals surface area contributed by atoms with E-state index >= 15 is 0 Å². The first-order chi connectivity index (χ1) is 11.4. The minimum Gasteiger partial charge on any atom is -0.480 e. The molecule has 0 saturated heterocycles. The van der Waals surface area contributed by atoms with Crippen LogP contribution in [0.1, 0.15) is 31.9 Å². The van der Waals surface area contributed by atoms with Crippen LogP contribution in [-0.4, -0.2) is 42.7 Å². The lowest BCUT2D eigenvalue weighted by molar-refractivity contribution is -0.148. The summed E-state index contributed by atoms with van der Waals surface area (Å²) in [5, 5.41) is 11.8. The van der Waals surface area contributed by atoms with Gasteiger partial charge < -0.3 is 19.9 Å². The molecular formula is C17H23NO6. The number of esters is 1. The summed E-state index contributed by atoms with van der Waals surface area (Å²) in [6.07, 6.45) is -1.03. The topological polar surface area (TPSA) is 102 Å². The molecule has 0 aliphatic carbocycles. The third kappa shape index (κ3) is 5.66. The van der Waals surface area contributed by atoms with Crippen molar-refractivity contribution in [2.24, 2.45) is 5.92 Å². The van der Waals surface area contributed by atoms with E-state index in [0.717, 1.165) is 0 Å². The van der Waals surface area contributed by atoms with Gasteiger partial charge in [0.25, 0.3) is 5.91 Å². The highest BCUT2D eigenvalue weighted by Crippen LogP contribution is 2.18. The van der Waals surface area contributed by atoms with Gasteiger partial charge in [-0.3, -0.25) is 9.59 Å². The van der Waals surface area contributed by atoms with E-state index < -0.39 is 35.9 Å². The zero-order valence-electron chi connectivity index (χ0n) is 14.0. The molecule has 1 amide bonds. The van der Waals surface area contributed by atoms with Gasteiger partial charge in [0, 0.05) is 7.11 Å². The smallest absolute Gasteiger partial charge is 0.326 e. The number of aliphatic carboxylic acids is 1. The molecule has 0 bridgehead atoms. The predicted molar refractivity (Wildman–Crippen MR) is 86.2 cm³/mol. The molecule has 1 aromatic carbocycles. The van der Waals surface area contributed by atoms with Crippen LogP contribution in [0.4, 0.5) is 0 Å². The molecule has 0 aliphatic rings. The number of carbonyl (C=O) groups is 3. The molecular weight excluding hydrogens is 314 g/mol. The summed E-state index contributed by atoms with van der Waals surface area (Å²) >= 11 is 0. The molecule has 1 rings (SSSR count). The third-order valence-electron chi connectivity index (χ3n) is 3.50. The number of carboxylic acid groups (broad SMARTS) is 1. The number of hydrogen-bond acceptors (Lipinski definition) is 5. The van der Waals surface area contributed by atoms with Crippen molar-refractivity contribution in [2.75, 3.05) is 13.7 Å². The second-order valence-corrected chi connectivity index (χ2v) is 5.34. The molecule has 0 saturated carbocycles. The van der Waals surface area contributed by atoms with Gasteiger partial charge in [0.15, 0.2) is 6.10 Å². The van der Waals surface area contributed by atoms with Crippen molar-refractivity contribution in [2.45, 2.75) is 32.4 Å². The van der Waals surface area contributed by atoms with Gasteiger partial charge in [0.05, 0.1) is 13.0 Å². The minimum absolute atomic E-state index is 0.103. The lowest BCUT2D eigenvalue weighted by Crippen LogP contribution is -2.47. The second kappa shape index (κ2) is 9.67. The fourth-order valence-electron chi connectivity index (χ4n) is 2.30. The van der Waals surface area contributed by atoms with Crippen molar-refractivity contribution < 1.29 is 29.0 Å².